The van der Waals surface area contributed by atoms with E-state index in [1.807, 2.05) is 7.05 Å². The van der Waals surface area contributed by atoms with Gasteiger partial charge in [-0.1, -0.05) is 12.1 Å². The second kappa shape index (κ2) is 4.83. The number of nitrogens with one attached hydrogen (secondary N) is 2. The average Bonchev–Trinajstić information content (AvgIpc) is 2.85. The smallest absolute Gasteiger partial charge is 0.182 e. The molecule has 1 aromatic rings. The summed E-state index contributed by atoms with van der Waals surface area (Å²) in [5, 5.41) is 3.19. The number of hydrogen-bond donors (Lipinski definition) is 2. The van der Waals surface area contributed by atoms with Gasteiger partial charge in [-0.25, -0.2) is 15.3 Å². The lowest BCUT2D eigenvalue weighted by molar-refractivity contribution is -0.0473. The van der Waals surface area contributed by atoms with Crippen LogP contribution in [0.25, 0.3) is 0 Å². The Morgan fingerprint density at radius 1 is 1.42 bits per heavy atom. The number of nitrogens with zero attached hydrogens (tertiary/aromatic N) is 2. The predicted octanol–water partition coefficient (Wildman–Crippen LogP) is 1.21. The summed E-state index contributed by atoms with van der Waals surface area (Å²) in [6, 6.07) is 6.26. The maximum Gasteiger partial charge on any atom is 0.182 e. The minimum Gasteiger partial charge on any atom is -0.388 e. The molecule has 0 radical (unpaired) electrons. The Kier molecular flexibility index (Phi) is 3.16. The van der Waals surface area contributed by atoms with Crippen LogP contribution in [0.5, 0.6) is 0 Å². The van der Waals surface area contributed by atoms with Crippen molar-refractivity contribution in [2.24, 2.45) is 10.9 Å². The summed E-state index contributed by atoms with van der Waals surface area (Å²) in [6.45, 7) is 4.20. The van der Waals surface area contributed by atoms with Gasteiger partial charge in [0.1, 0.15) is 0 Å². The van der Waals surface area contributed by atoms with E-state index >= 15 is 0 Å². The van der Waals surface area contributed by atoms with Crippen LogP contribution in [0.4, 0.5) is 5.69 Å². The van der Waals surface area contributed by atoms with Crippen molar-refractivity contribution in [1.29, 1.82) is 0 Å². The van der Waals surface area contributed by atoms with Crippen LogP contribution in [-0.2, 0) is 4.84 Å². The molecule has 0 spiro atoms. The highest BCUT2D eigenvalue weighted by molar-refractivity contribution is 5.99. The number of amidine groups is 1. The Morgan fingerprint density at radius 3 is 2.89 bits per heavy atom. The maximum absolute atomic E-state index is 5.58. The number of rotatable bonds is 3. The van der Waals surface area contributed by atoms with E-state index in [4.69, 9.17) is 4.84 Å². The quantitative estimate of drug-likeness (QED) is 0.857. The Labute approximate surface area is 113 Å². The molecule has 2 aliphatic rings. The fourth-order valence-electron chi connectivity index (χ4n) is 2.60. The molecule has 0 saturated carbocycles. The molecule has 2 heterocycles. The third-order valence-corrected chi connectivity index (χ3v) is 3.81. The van der Waals surface area contributed by atoms with Gasteiger partial charge in [0.15, 0.2) is 12.1 Å². The number of hydrogen-bond acceptors (Lipinski definition) is 5. The first-order valence-corrected chi connectivity index (χ1v) is 6.64. The van der Waals surface area contributed by atoms with E-state index in [0.29, 0.717) is 5.92 Å². The molecule has 0 aromatic heterocycles. The van der Waals surface area contributed by atoms with E-state index < -0.39 is 0 Å². The van der Waals surface area contributed by atoms with Crippen molar-refractivity contribution in [3.8, 4) is 0 Å². The summed E-state index contributed by atoms with van der Waals surface area (Å²) in [7, 11) is 4.04. The number of aryl methyl sites for hydroxylation is 1. The van der Waals surface area contributed by atoms with Gasteiger partial charge in [-0.3, -0.25) is 0 Å². The molecule has 3 rings (SSSR count). The van der Waals surface area contributed by atoms with Crippen molar-refractivity contribution in [3.63, 3.8) is 0 Å². The molecule has 1 saturated heterocycles. The number of hydroxylamine groups is 1. The first-order valence-electron chi connectivity index (χ1n) is 6.64. The van der Waals surface area contributed by atoms with Crippen molar-refractivity contribution < 1.29 is 4.84 Å². The van der Waals surface area contributed by atoms with E-state index in [9.17, 15) is 0 Å². The molecular formula is C14H20N4O. The molecule has 0 bridgehead atoms. The number of benzene rings is 1. The topological polar surface area (TPSA) is 48.9 Å². The van der Waals surface area contributed by atoms with Crippen LogP contribution in [0.15, 0.2) is 23.2 Å². The van der Waals surface area contributed by atoms with Gasteiger partial charge in [-0.15, -0.1) is 0 Å². The molecule has 5 heteroatoms. The van der Waals surface area contributed by atoms with Crippen molar-refractivity contribution in [2.75, 3.05) is 32.5 Å². The minimum absolute atomic E-state index is 0.0504. The van der Waals surface area contributed by atoms with Gasteiger partial charge in [0.25, 0.3) is 0 Å². The highest BCUT2D eigenvalue weighted by Crippen LogP contribution is 2.24. The Bertz CT molecular complexity index is 508. The van der Waals surface area contributed by atoms with Crippen molar-refractivity contribution in [3.05, 3.63) is 29.3 Å². The SMILES string of the molecule is CNc1cc(C2=NC(C3CN(C)C3)ON2)ccc1C. The number of likely N-dealkylation sites (tertiary alicyclic amines) is 1. The molecular weight excluding hydrogens is 240 g/mol. The van der Waals surface area contributed by atoms with Crippen LogP contribution in [0.3, 0.4) is 0 Å². The van der Waals surface area contributed by atoms with Crippen LogP contribution in [0, 0.1) is 12.8 Å². The molecule has 0 amide bonds. The number of anilines is 1. The summed E-state index contributed by atoms with van der Waals surface area (Å²) < 4.78 is 0. The molecule has 2 aliphatic heterocycles. The van der Waals surface area contributed by atoms with Gasteiger partial charge in [-0.2, -0.15) is 0 Å². The summed E-state index contributed by atoms with van der Waals surface area (Å²) >= 11 is 0. The van der Waals surface area contributed by atoms with Gasteiger partial charge in [0, 0.05) is 37.3 Å². The lowest BCUT2D eigenvalue weighted by Gasteiger charge is -2.37. The Morgan fingerprint density at radius 2 is 2.21 bits per heavy atom. The molecule has 2 N–H and O–H groups in total. The zero-order valence-electron chi connectivity index (χ0n) is 11.6. The van der Waals surface area contributed by atoms with Crippen LogP contribution in [0.2, 0.25) is 0 Å². The first-order chi connectivity index (χ1) is 9.17. The van der Waals surface area contributed by atoms with E-state index in [0.717, 1.165) is 30.2 Å². The van der Waals surface area contributed by atoms with E-state index in [1.165, 1.54) is 5.56 Å². The van der Waals surface area contributed by atoms with Crippen LogP contribution >= 0.6 is 0 Å². The first kappa shape index (κ1) is 12.4. The van der Waals surface area contributed by atoms with Crippen LogP contribution in [-0.4, -0.2) is 44.1 Å². The third kappa shape index (κ3) is 2.31. The summed E-state index contributed by atoms with van der Waals surface area (Å²) in [6.07, 6.45) is -0.0504. The zero-order valence-corrected chi connectivity index (χ0v) is 11.6. The van der Waals surface area contributed by atoms with E-state index in [2.05, 4.69) is 52.9 Å². The minimum atomic E-state index is -0.0504. The molecule has 1 fully saturated rings. The lowest BCUT2D eigenvalue weighted by atomic mass is 9.99. The van der Waals surface area contributed by atoms with Crippen molar-refractivity contribution in [1.82, 2.24) is 10.4 Å². The van der Waals surface area contributed by atoms with Gasteiger partial charge in [-0.05, 0) is 25.6 Å². The lowest BCUT2D eigenvalue weighted by Crippen LogP contribution is -2.49. The molecule has 19 heavy (non-hydrogen) atoms. The fraction of sp³-hybridized carbons (Fsp3) is 0.500. The largest absolute Gasteiger partial charge is 0.388 e. The molecule has 1 unspecified atom stereocenters. The van der Waals surface area contributed by atoms with Gasteiger partial charge >= 0.3 is 0 Å². The van der Waals surface area contributed by atoms with E-state index in [1.54, 1.807) is 0 Å². The zero-order chi connectivity index (χ0) is 13.4. The van der Waals surface area contributed by atoms with Crippen LogP contribution < -0.4 is 10.8 Å². The van der Waals surface area contributed by atoms with Gasteiger partial charge < -0.3 is 10.2 Å². The average molecular weight is 260 g/mol. The summed E-state index contributed by atoms with van der Waals surface area (Å²) in [4.78, 5) is 12.5. The van der Waals surface area contributed by atoms with Gasteiger partial charge in [0.05, 0.1) is 0 Å². The molecule has 1 atom stereocenters. The third-order valence-electron chi connectivity index (χ3n) is 3.81. The molecule has 1 aromatic carbocycles. The summed E-state index contributed by atoms with van der Waals surface area (Å²) in [5.41, 5.74) is 6.37. The van der Waals surface area contributed by atoms with E-state index in [-0.39, 0.29) is 6.23 Å². The second-order valence-corrected chi connectivity index (χ2v) is 5.35. The molecule has 102 valence electrons. The highest BCUT2D eigenvalue weighted by atomic mass is 16.7. The Hall–Kier alpha value is -1.59. The van der Waals surface area contributed by atoms with Crippen molar-refractivity contribution in [2.45, 2.75) is 13.2 Å². The molecule has 5 nitrogen and oxygen atoms in total. The fourth-order valence-corrected chi connectivity index (χ4v) is 2.60. The second-order valence-electron chi connectivity index (χ2n) is 5.35. The number of aliphatic imine (C=N–C) groups is 1. The monoisotopic (exact) mass is 260 g/mol. The predicted molar refractivity (Wildman–Crippen MR) is 76.3 cm³/mol. The van der Waals surface area contributed by atoms with Gasteiger partial charge in [0.2, 0.25) is 0 Å². The Balaban J connectivity index is 1.77. The maximum atomic E-state index is 5.58. The molecule has 0 aliphatic carbocycles. The summed E-state index contributed by atoms with van der Waals surface area (Å²) in [5.74, 6) is 1.33. The van der Waals surface area contributed by atoms with Crippen molar-refractivity contribution >= 4 is 11.5 Å². The highest BCUT2D eigenvalue weighted by Gasteiger charge is 2.35. The standard InChI is InChI=1S/C14H20N4O/c1-9-4-5-10(6-12(9)15-2)13-16-14(19-17-13)11-7-18(3)8-11/h4-6,11,14-15H,7-8H2,1-3H3,(H,16,17). The van der Waals surface area contributed by atoms with Crippen LogP contribution in [0.1, 0.15) is 11.1 Å². The normalized spacial score (nSPS) is 23.7.